The Balaban J connectivity index is 0.000000574. The number of pyridine rings is 2. The van der Waals surface area contributed by atoms with Gasteiger partial charge in [-0.3, -0.25) is 4.40 Å². The first-order chi connectivity index (χ1) is 8.66. The molecule has 5 heteroatoms. The molecule has 90 valence electrons. The van der Waals surface area contributed by atoms with Gasteiger partial charge in [-0.2, -0.15) is 0 Å². The molecule has 0 N–H and O–H groups in total. The van der Waals surface area contributed by atoms with Crippen LogP contribution < -0.4 is 5.46 Å². The maximum absolute atomic E-state index is 5.93. The van der Waals surface area contributed by atoms with Crippen molar-refractivity contribution in [3.63, 3.8) is 0 Å². The normalized spacial score (nSPS) is 10.4. The largest absolute Gasteiger partial charge is 0.297 e. The Morgan fingerprint density at radius 2 is 1.89 bits per heavy atom. The van der Waals surface area contributed by atoms with Crippen LogP contribution in [-0.4, -0.2) is 22.2 Å². The molecule has 0 aromatic carbocycles. The lowest BCUT2D eigenvalue weighted by molar-refractivity contribution is 1.16. The fraction of sp³-hybridized carbons (Fsp3) is 0.231. The Kier molecular flexibility index (Phi) is 3.57. The lowest BCUT2D eigenvalue weighted by Crippen LogP contribution is -2.09. The van der Waals surface area contributed by atoms with Gasteiger partial charge in [0.1, 0.15) is 18.6 Å². The summed E-state index contributed by atoms with van der Waals surface area (Å²) in [5.41, 5.74) is 3.39. The Labute approximate surface area is 112 Å². The second-order valence-electron chi connectivity index (χ2n) is 3.72. The number of imidazole rings is 1. The van der Waals surface area contributed by atoms with E-state index in [1.54, 1.807) is 12.4 Å². The highest BCUT2D eigenvalue weighted by atomic mass is 35.5. The maximum atomic E-state index is 5.93. The summed E-state index contributed by atoms with van der Waals surface area (Å²) in [7, 11) is 5.93. The van der Waals surface area contributed by atoms with Gasteiger partial charge in [0.15, 0.2) is 0 Å². The third-order valence-electron chi connectivity index (χ3n) is 2.63. The molecule has 2 radical (unpaired) electrons. The van der Waals surface area contributed by atoms with Crippen LogP contribution >= 0.6 is 11.6 Å². The zero-order chi connectivity index (χ0) is 13.3. The third-order valence-corrected chi connectivity index (χ3v) is 2.83. The van der Waals surface area contributed by atoms with Gasteiger partial charge in [-0.25, -0.2) is 9.97 Å². The number of hydrogen-bond acceptors (Lipinski definition) is 2. The van der Waals surface area contributed by atoms with Crippen LogP contribution in [-0.2, 0) is 0 Å². The Morgan fingerprint density at radius 3 is 2.61 bits per heavy atom. The molecule has 0 aliphatic rings. The lowest BCUT2D eigenvalue weighted by Gasteiger charge is -2.06. The van der Waals surface area contributed by atoms with Gasteiger partial charge in [0.25, 0.3) is 0 Å². The molecule has 0 fully saturated rings. The monoisotopic (exact) mass is 257 g/mol. The smallest absolute Gasteiger partial charge is 0.131 e. The highest BCUT2D eigenvalue weighted by molar-refractivity contribution is 6.37. The van der Waals surface area contributed by atoms with Crippen LogP contribution in [0.2, 0.25) is 5.15 Å². The summed E-state index contributed by atoms with van der Waals surface area (Å²) >= 11 is 5.90. The molecule has 0 unspecified atom stereocenters. The van der Waals surface area contributed by atoms with E-state index in [-0.39, 0.29) is 0 Å². The second kappa shape index (κ2) is 4.98. The summed E-state index contributed by atoms with van der Waals surface area (Å²) in [5.74, 6) is 0. The van der Waals surface area contributed by atoms with E-state index in [1.807, 2.05) is 37.3 Å². The molecule has 3 aromatic rings. The average Bonchev–Trinajstić information content (AvgIpc) is 2.76. The molecule has 0 aliphatic heterocycles. The zero-order valence-electron chi connectivity index (χ0n) is 10.6. The SMILES string of the molecule is CC.[B]c1cc2cnc(Cl)cc2n2c(C)cnc12. The first kappa shape index (κ1) is 12.9. The fourth-order valence-electron chi connectivity index (χ4n) is 1.91. The Morgan fingerprint density at radius 1 is 1.17 bits per heavy atom. The van der Waals surface area contributed by atoms with Crippen molar-refractivity contribution < 1.29 is 0 Å². The number of aromatic nitrogens is 3. The quantitative estimate of drug-likeness (QED) is 0.458. The second-order valence-corrected chi connectivity index (χ2v) is 4.11. The van der Waals surface area contributed by atoms with E-state index in [4.69, 9.17) is 19.4 Å². The van der Waals surface area contributed by atoms with Crippen molar-refractivity contribution in [2.45, 2.75) is 20.8 Å². The van der Waals surface area contributed by atoms with Gasteiger partial charge < -0.3 is 0 Å². The standard InChI is InChI=1S/C11H7BClN3.C2H6/c1-6-4-15-11-8(12)2-7-5-14-10(13)3-9(7)16(6)11;1-2/h2-5H,1H3;1-2H3. The zero-order valence-corrected chi connectivity index (χ0v) is 11.4. The van der Waals surface area contributed by atoms with Crippen LogP contribution in [0.3, 0.4) is 0 Å². The van der Waals surface area contributed by atoms with Crippen molar-refractivity contribution in [2.24, 2.45) is 0 Å². The predicted octanol–water partition coefficient (Wildman–Crippen LogP) is 2.66. The van der Waals surface area contributed by atoms with Crippen LogP contribution in [0.25, 0.3) is 16.6 Å². The van der Waals surface area contributed by atoms with Crippen LogP contribution in [0.1, 0.15) is 19.5 Å². The van der Waals surface area contributed by atoms with Gasteiger partial charge in [-0.15, -0.1) is 0 Å². The van der Waals surface area contributed by atoms with Gasteiger partial charge in [-0.05, 0) is 6.92 Å². The molecular formula is C13H13BClN3. The summed E-state index contributed by atoms with van der Waals surface area (Å²) < 4.78 is 1.98. The summed E-state index contributed by atoms with van der Waals surface area (Å²) in [4.78, 5) is 8.32. The number of fused-ring (bicyclic) bond motifs is 3. The molecule has 3 aromatic heterocycles. The van der Waals surface area contributed by atoms with Gasteiger partial charge in [0, 0.05) is 29.5 Å². The number of aryl methyl sites for hydroxylation is 1. The van der Waals surface area contributed by atoms with Crippen molar-refractivity contribution in [1.29, 1.82) is 0 Å². The molecular weight excluding hydrogens is 244 g/mol. The molecule has 0 saturated heterocycles. The van der Waals surface area contributed by atoms with Crippen molar-refractivity contribution >= 4 is 41.5 Å². The number of nitrogens with zero attached hydrogens (tertiary/aromatic N) is 3. The molecule has 0 atom stereocenters. The minimum atomic E-state index is 0.465. The molecule has 0 bridgehead atoms. The third kappa shape index (κ3) is 1.97. The fourth-order valence-corrected chi connectivity index (χ4v) is 2.06. The molecule has 3 nitrogen and oxygen atoms in total. The van der Waals surface area contributed by atoms with Crippen LogP contribution in [0.15, 0.2) is 24.5 Å². The van der Waals surface area contributed by atoms with Crippen molar-refractivity contribution in [3.05, 3.63) is 35.4 Å². The molecule has 18 heavy (non-hydrogen) atoms. The van der Waals surface area contributed by atoms with Crippen molar-refractivity contribution in [3.8, 4) is 0 Å². The molecule has 0 amide bonds. The van der Waals surface area contributed by atoms with E-state index in [0.29, 0.717) is 10.6 Å². The topological polar surface area (TPSA) is 30.2 Å². The summed E-state index contributed by atoms with van der Waals surface area (Å²) in [6.45, 7) is 5.98. The van der Waals surface area contributed by atoms with E-state index in [0.717, 1.165) is 22.2 Å². The Hall–Kier alpha value is -1.55. The molecule has 0 spiro atoms. The van der Waals surface area contributed by atoms with Gasteiger partial charge in [-0.1, -0.05) is 37.0 Å². The summed E-state index contributed by atoms with van der Waals surface area (Å²) in [6.07, 6.45) is 3.51. The highest BCUT2D eigenvalue weighted by Gasteiger charge is 2.07. The predicted molar refractivity (Wildman–Crippen MR) is 77.0 cm³/mol. The minimum Gasteiger partial charge on any atom is -0.297 e. The number of hydrogen-bond donors (Lipinski definition) is 0. The molecule has 3 rings (SSSR count). The molecule has 0 aliphatic carbocycles. The summed E-state index contributed by atoms with van der Waals surface area (Å²) in [6, 6.07) is 3.68. The highest BCUT2D eigenvalue weighted by Crippen LogP contribution is 2.18. The average molecular weight is 258 g/mol. The van der Waals surface area contributed by atoms with Crippen molar-refractivity contribution in [2.75, 3.05) is 0 Å². The Bertz CT molecular complexity index is 706. The van der Waals surface area contributed by atoms with Crippen LogP contribution in [0.4, 0.5) is 0 Å². The van der Waals surface area contributed by atoms with Crippen molar-refractivity contribution in [1.82, 2.24) is 14.4 Å². The number of halogens is 1. The van der Waals surface area contributed by atoms with Gasteiger partial charge >= 0.3 is 0 Å². The molecule has 0 saturated carbocycles. The van der Waals surface area contributed by atoms with E-state index in [9.17, 15) is 0 Å². The van der Waals surface area contributed by atoms with E-state index in [1.165, 1.54) is 0 Å². The minimum absolute atomic E-state index is 0.465. The summed E-state index contributed by atoms with van der Waals surface area (Å²) in [5, 5.41) is 1.42. The van der Waals surface area contributed by atoms with E-state index in [2.05, 4.69) is 9.97 Å². The lowest BCUT2D eigenvalue weighted by atomic mass is 9.96. The van der Waals surface area contributed by atoms with E-state index < -0.39 is 0 Å². The van der Waals surface area contributed by atoms with Gasteiger partial charge in [0.05, 0.1) is 5.52 Å². The number of rotatable bonds is 0. The first-order valence-electron chi connectivity index (χ1n) is 5.84. The van der Waals surface area contributed by atoms with Crippen LogP contribution in [0.5, 0.6) is 0 Å². The molecule has 3 heterocycles. The maximum Gasteiger partial charge on any atom is 0.131 e. The van der Waals surface area contributed by atoms with Gasteiger partial charge in [0.2, 0.25) is 0 Å². The first-order valence-corrected chi connectivity index (χ1v) is 6.22. The van der Waals surface area contributed by atoms with Crippen LogP contribution in [0, 0.1) is 6.92 Å². The van der Waals surface area contributed by atoms with E-state index >= 15 is 0 Å².